The van der Waals surface area contributed by atoms with Crippen molar-refractivity contribution in [3.8, 4) is 0 Å². The van der Waals surface area contributed by atoms with Crippen LogP contribution in [0, 0.1) is 0 Å². The van der Waals surface area contributed by atoms with Gasteiger partial charge in [-0.2, -0.15) is 0 Å². The SMILES string of the molecule is CC/C=C\C/C=C\C/C=C\C/C=C\C/C=C\C/C=C\C/C=C\C/C=C\CCCCCCCCCCCCC(=O)OCC(COC(=O)CCCCCCC/C=C\CCCCCCCC)OC(=O)CCCCCCC/C=C\C/C=C\C/C=C\CC. The number of carbonyl (C=O) groups is 3. The number of esters is 3. The van der Waals surface area contributed by atoms with Gasteiger partial charge in [0.2, 0.25) is 0 Å². The highest BCUT2D eigenvalue weighted by Crippen LogP contribution is 2.15. The fourth-order valence-electron chi connectivity index (χ4n) is 9.23. The maximum atomic E-state index is 12.9. The van der Waals surface area contributed by atoms with Crippen LogP contribution in [0.3, 0.4) is 0 Å². The van der Waals surface area contributed by atoms with E-state index in [4.69, 9.17) is 14.2 Å². The van der Waals surface area contributed by atoms with Gasteiger partial charge in [0.25, 0.3) is 0 Å². The van der Waals surface area contributed by atoms with Crippen LogP contribution in [0.1, 0.15) is 303 Å². The highest BCUT2D eigenvalue weighted by atomic mass is 16.6. The Morgan fingerprint density at radius 3 is 0.747 bits per heavy atom. The van der Waals surface area contributed by atoms with Gasteiger partial charge in [0.1, 0.15) is 13.2 Å². The first-order chi connectivity index (χ1) is 41.0. The molecular formula is C77H126O6. The number of allylic oxidation sites excluding steroid dienone is 24. The lowest BCUT2D eigenvalue weighted by Gasteiger charge is -2.18. The topological polar surface area (TPSA) is 78.9 Å². The Morgan fingerprint density at radius 2 is 0.470 bits per heavy atom. The molecule has 1 unspecified atom stereocenters. The Balaban J connectivity index is 4.27. The summed E-state index contributed by atoms with van der Waals surface area (Å²) in [6, 6.07) is 0. The third-order valence-corrected chi connectivity index (χ3v) is 14.3. The molecule has 0 aromatic heterocycles. The maximum Gasteiger partial charge on any atom is 0.306 e. The standard InChI is InChI=1S/C77H126O6/c1-4-7-10-13-16-19-22-25-28-29-30-31-32-33-34-35-36-37-38-39-40-41-42-43-44-45-46-47-50-52-55-58-61-64-67-70-76(79)82-73-74(83-77(80)71-68-65-62-59-56-53-49-27-24-21-18-15-12-9-6-3)72-81-75(78)69-66-63-60-57-54-51-48-26-23-20-17-14-11-8-5-2/h7,9-10,12,16,18-19,21,25-28,30-31,33-34,36-37,39-40,42-43,48-49,74H,4-6,8,11,13-15,17,20,22-24,29,32,35,38,41,44-47,50-73H2,1-3H3/b10-7-,12-9-,19-16-,21-18-,28-25-,31-30-,34-33-,37-36-,40-39-,43-42-,48-26-,49-27-. The molecule has 0 aromatic rings. The maximum absolute atomic E-state index is 12.9. The third-order valence-electron chi connectivity index (χ3n) is 14.3. The predicted molar refractivity (Wildman–Crippen MR) is 362 cm³/mol. The van der Waals surface area contributed by atoms with Crippen molar-refractivity contribution in [2.24, 2.45) is 0 Å². The number of unbranched alkanes of at least 4 members (excludes halogenated alkanes) is 26. The molecule has 6 heteroatoms. The zero-order valence-corrected chi connectivity index (χ0v) is 53.9. The van der Waals surface area contributed by atoms with Gasteiger partial charge in [0.05, 0.1) is 0 Å². The molecule has 0 aromatic carbocycles. The highest BCUT2D eigenvalue weighted by molar-refractivity contribution is 5.71. The number of ether oxygens (including phenoxy) is 3. The van der Waals surface area contributed by atoms with E-state index in [9.17, 15) is 14.4 Å². The summed E-state index contributed by atoms with van der Waals surface area (Å²) < 4.78 is 16.9. The molecule has 0 rings (SSSR count). The number of hydrogen-bond acceptors (Lipinski definition) is 6. The molecule has 0 aliphatic rings. The molecule has 0 spiro atoms. The minimum atomic E-state index is -0.798. The fourth-order valence-corrected chi connectivity index (χ4v) is 9.23. The van der Waals surface area contributed by atoms with E-state index in [1.165, 1.54) is 103 Å². The number of hydrogen-bond donors (Lipinski definition) is 0. The average molecular weight is 1150 g/mol. The summed E-state index contributed by atoms with van der Waals surface area (Å²) in [4.78, 5) is 38.3. The van der Waals surface area contributed by atoms with Gasteiger partial charge in [0, 0.05) is 19.3 Å². The Labute approximate surface area is 512 Å². The summed E-state index contributed by atoms with van der Waals surface area (Å²) in [6.45, 7) is 6.39. The van der Waals surface area contributed by atoms with E-state index < -0.39 is 6.10 Å². The summed E-state index contributed by atoms with van der Waals surface area (Å²) >= 11 is 0. The monoisotopic (exact) mass is 1150 g/mol. The predicted octanol–water partition coefficient (Wildman–Crippen LogP) is 23.9. The van der Waals surface area contributed by atoms with Crippen LogP contribution in [0.4, 0.5) is 0 Å². The smallest absolute Gasteiger partial charge is 0.306 e. The first kappa shape index (κ1) is 78.3. The lowest BCUT2D eigenvalue weighted by molar-refractivity contribution is -0.167. The first-order valence-corrected chi connectivity index (χ1v) is 34.3. The van der Waals surface area contributed by atoms with Crippen LogP contribution in [-0.4, -0.2) is 37.2 Å². The van der Waals surface area contributed by atoms with Crippen molar-refractivity contribution < 1.29 is 28.6 Å². The van der Waals surface area contributed by atoms with E-state index in [2.05, 4.69) is 167 Å². The molecule has 0 bridgehead atoms. The molecule has 0 saturated heterocycles. The van der Waals surface area contributed by atoms with Crippen LogP contribution in [-0.2, 0) is 28.6 Å². The summed E-state index contributed by atoms with van der Waals surface area (Å²) in [7, 11) is 0. The molecule has 0 aliphatic heterocycles. The second-order valence-corrected chi connectivity index (χ2v) is 22.3. The second kappa shape index (κ2) is 69.8. The molecule has 0 fully saturated rings. The minimum Gasteiger partial charge on any atom is -0.462 e. The van der Waals surface area contributed by atoms with Crippen LogP contribution in [0.25, 0.3) is 0 Å². The van der Waals surface area contributed by atoms with Gasteiger partial charge in [0.15, 0.2) is 6.10 Å². The largest absolute Gasteiger partial charge is 0.462 e. The fraction of sp³-hybridized carbons (Fsp3) is 0.649. The molecule has 0 radical (unpaired) electrons. The van der Waals surface area contributed by atoms with Crippen molar-refractivity contribution in [2.75, 3.05) is 13.2 Å². The average Bonchev–Trinajstić information content (AvgIpc) is 3.49. The molecule has 0 N–H and O–H groups in total. The summed E-state index contributed by atoms with van der Waals surface area (Å²) in [5.41, 5.74) is 0. The zero-order chi connectivity index (χ0) is 59.9. The van der Waals surface area contributed by atoms with Crippen molar-refractivity contribution in [2.45, 2.75) is 309 Å². The van der Waals surface area contributed by atoms with E-state index in [-0.39, 0.29) is 31.1 Å². The molecular weight excluding hydrogens is 1020 g/mol. The minimum absolute atomic E-state index is 0.0928. The van der Waals surface area contributed by atoms with Gasteiger partial charge >= 0.3 is 17.9 Å². The molecule has 0 aliphatic carbocycles. The normalized spacial score (nSPS) is 13.0. The van der Waals surface area contributed by atoms with E-state index in [0.717, 1.165) is 161 Å². The molecule has 83 heavy (non-hydrogen) atoms. The molecule has 0 saturated carbocycles. The lowest BCUT2D eigenvalue weighted by atomic mass is 10.1. The molecule has 0 heterocycles. The lowest BCUT2D eigenvalue weighted by Crippen LogP contribution is -2.30. The van der Waals surface area contributed by atoms with Crippen molar-refractivity contribution in [1.82, 2.24) is 0 Å². The van der Waals surface area contributed by atoms with Gasteiger partial charge in [-0.15, -0.1) is 0 Å². The van der Waals surface area contributed by atoms with Crippen LogP contribution in [0.15, 0.2) is 146 Å². The molecule has 1 atom stereocenters. The third kappa shape index (κ3) is 68.0. The van der Waals surface area contributed by atoms with Gasteiger partial charge in [-0.05, 0) is 141 Å². The molecule has 470 valence electrons. The molecule has 6 nitrogen and oxygen atoms in total. The van der Waals surface area contributed by atoms with Crippen molar-refractivity contribution in [3.05, 3.63) is 146 Å². The quantitative estimate of drug-likeness (QED) is 0.0261. The Morgan fingerprint density at radius 1 is 0.253 bits per heavy atom. The highest BCUT2D eigenvalue weighted by Gasteiger charge is 2.19. The van der Waals surface area contributed by atoms with Crippen LogP contribution < -0.4 is 0 Å². The Bertz CT molecular complexity index is 1800. The van der Waals surface area contributed by atoms with Crippen molar-refractivity contribution >= 4 is 17.9 Å². The molecule has 0 amide bonds. The summed E-state index contributed by atoms with van der Waals surface area (Å²) in [5, 5.41) is 0. The van der Waals surface area contributed by atoms with Gasteiger partial charge in [-0.1, -0.05) is 289 Å². The number of carbonyl (C=O) groups excluding carboxylic acids is 3. The van der Waals surface area contributed by atoms with Crippen LogP contribution in [0.5, 0.6) is 0 Å². The summed E-state index contributed by atoms with van der Waals surface area (Å²) in [5.74, 6) is -0.918. The van der Waals surface area contributed by atoms with E-state index in [1.54, 1.807) is 0 Å². The van der Waals surface area contributed by atoms with Crippen molar-refractivity contribution in [3.63, 3.8) is 0 Å². The van der Waals surface area contributed by atoms with E-state index in [1.807, 2.05) is 0 Å². The Hall–Kier alpha value is -4.71. The van der Waals surface area contributed by atoms with Crippen molar-refractivity contribution in [1.29, 1.82) is 0 Å². The first-order valence-electron chi connectivity index (χ1n) is 34.3. The van der Waals surface area contributed by atoms with Crippen LogP contribution >= 0.6 is 0 Å². The van der Waals surface area contributed by atoms with E-state index >= 15 is 0 Å². The summed E-state index contributed by atoms with van der Waals surface area (Å²) in [6.07, 6.45) is 100. The van der Waals surface area contributed by atoms with Gasteiger partial charge in [-0.3, -0.25) is 14.4 Å². The Kier molecular flexibility index (Phi) is 65.8. The van der Waals surface area contributed by atoms with Crippen LogP contribution in [0.2, 0.25) is 0 Å². The number of rotatable bonds is 61. The zero-order valence-electron chi connectivity index (χ0n) is 53.9. The van der Waals surface area contributed by atoms with Gasteiger partial charge < -0.3 is 14.2 Å². The second-order valence-electron chi connectivity index (χ2n) is 22.3. The van der Waals surface area contributed by atoms with Gasteiger partial charge in [-0.25, -0.2) is 0 Å². The van der Waals surface area contributed by atoms with E-state index in [0.29, 0.717) is 19.3 Å².